The van der Waals surface area contributed by atoms with E-state index in [2.05, 4.69) is 10.6 Å². The number of amides is 2. The van der Waals surface area contributed by atoms with E-state index in [0.29, 0.717) is 48.2 Å². The Morgan fingerprint density at radius 1 is 0.867 bits per heavy atom. The van der Waals surface area contributed by atoms with Crippen molar-refractivity contribution in [2.24, 2.45) is 0 Å². The summed E-state index contributed by atoms with van der Waals surface area (Å²) in [5.41, 5.74) is 1.82. The number of hydrogen-bond acceptors (Lipinski definition) is 5. The Kier molecular flexibility index (Phi) is 7.03. The summed E-state index contributed by atoms with van der Waals surface area (Å²) in [7, 11) is 0. The molecule has 1 atom stereocenters. The van der Waals surface area contributed by atoms with Gasteiger partial charge >= 0.3 is 0 Å². The maximum Gasteiger partial charge on any atom is 0.279 e. The van der Waals surface area contributed by atoms with E-state index in [1.165, 1.54) is 6.92 Å². The van der Waals surface area contributed by atoms with Crippen molar-refractivity contribution in [3.8, 4) is 11.5 Å². The molecule has 1 aliphatic rings. The van der Waals surface area contributed by atoms with Crippen molar-refractivity contribution in [1.29, 1.82) is 0 Å². The fourth-order valence-corrected chi connectivity index (χ4v) is 3.09. The van der Waals surface area contributed by atoms with Crippen LogP contribution in [-0.4, -0.2) is 50.4 Å². The lowest BCUT2D eigenvalue weighted by atomic mass is 10.1. The molecule has 0 saturated heterocycles. The van der Waals surface area contributed by atoms with Crippen LogP contribution in [0.15, 0.2) is 42.5 Å². The molecular weight excluding hydrogens is 386 g/mol. The Bertz CT molecular complexity index is 927. The average molecular weight is 412 g/mol. The first-order valence-electron chi connectivity index (χ1n) is 9.88. The van der Waals surface area contributed by atoms with Gasteiger partial charge in [-0.2, -0.15) is 0 Å². The highest BCUT2D eigenvalue weighted by atomic mass is 16.6. The van der Waals surface area contributed by atoms with Gasteiger partial charge in [0.25, 0.3) is 11.8 Å². The highest BCUT2D eigenvalue weighted by Crippen LogP contribution is 2.32. The summed E-state index contributed by atoms with van der Waals surface area (Å²) in [5, 5.41) is 5.63. The molecule has 1 unspecified atom stereocenters. The molecule has 0 radical (unpaired) electrons. The van der Waals surface area contributed by atoms with Gasteiger partial charge in [0.1, 0.15) is 13.2 Å². The van der Waals surface area contributed by atoms with Gasteiger partial charge in [0.2, 0.25) is 0 Å². The van der Waals surface area contributed by atoms with Crippen LogP contribution in [0.1, 0.15) is 24.2 Å². The Balaban J connectivity index is 1.51. The molecular formula is C22H26N3O5+. The fourth-order valence-electron chi connectivity index (χ4n) is 3.09. The van der Waals surface area contributed by atoms with Gasteiger partial charge in [0.15, 0.2) is 30.4 Å². The molecule has 0 bridgehead atoms. The van der Waals surface area contributed by atoms with E-state index in [9.17, 15) is 14.4 Å². The predicted molar refractivity (Wildman–Crippen MR) is 112 cm³/mol. The number of hydrogen-bond donors (Lipinski definition) is 3. The minimum atomic E-state index is -0.199. The van der Waals surface area contributed by atoms with Crippen molar-refractivity contribution >= 4 is 29.0 Å². The molecule has 0 saturated carbocycles. The Morgan fingerprint density at radius 3 is 2.03 bits per heavy atom. The molecule has 0 spiro atoms. The number of ether oxygens (including phenoxy) is 2. The normalized spacial score (nSPS) is 13.3. The zero-order chi connectivity index (χ0) is 21.5. The van der Waals surface area contributed by atoms with Crippen LogP contribution in [-0.2, 0) is 9.59 Å². The van der Waals surface area contributed by atoms with Crippen LogP contribution in [0.5, 0.6) is 11.5 Å². The van der Waals surface area contributed by atoms with E-state index in [1.54, 1.807) is 42.5 Å². The van der Waals surface area contributed by atoms with E-state index < -0.39 is 0 Å². The van der Waals surface area contributed by atoms with Crippen molar-refractivity contribution in [2.75, 3.05) is 43.5 Å². The van der Waals surface area contributed by atoms with Crippen LogP contribution in [0, 0.1) is 0 Å². The number of fused-ring (bicyclic) bond motifs is 1. The molecule has 2 aromatic carbocycles. The smallest absolute Gasteiger partial charge is 0.279 e. The highest BCUT2D eigenvalue weighted by molar-refractivity contribution is 5.96. The molecule has 158 valence electrons. The van der Waals surface area contributed by atoms with E-state index in [0.717, 1.165) is 4.90 Å². The van der Waals surface area contributed by atoms with Crippen molar-refractivity contribution in [2.45, 2.75) is 13.8 Å². The van der Waals surface area contributed by atoms with Gasteiger partial charge in [-0.3, -0.25) is 14.4 Å². The molecule has 2 aromatic rings. The van der Waals surface area contributed by atoms with Crippen molar-refractivity contribution in [1.82, 2.24) is 0 Å². The number of benzene rings is 2. The number of likely N-dealkylation sites (N-methyl/N-ethyl adjacent to an activating group) is 1. The highest BCUT2D eigenvalue weighted by Gasteiger charge is 2.18. The quantitative estimate of drug-likeness (QED) is 0.565. The van der Waals surface area contributed by atoms with Crippen LogP contribution in [0.4, 0.5) is 11.4 Å². The van der Waals surface area contributed by atoms with E-state index in [1.807, 2.05) is 6.92 Å². The Hall–Kier alpha value is -3.39. The van der Waals surface area contributed by atoms with Crippen LogP contribution in [0.25, 0.3) is 0 Å². The number of ketones is 1. The summed E-state index contributed by atoms with van der Waals surface area (Å²) in [6.45, 7) is 5.32. The van der Waals surface area contributed by atoms with E-state index in [4.69, 9.17) is 9.47 Å². The van der Waals surface area contributed by atoms with Crippen LogP contribution in [0.3, 0.4) is 0 Å². The molecule has 8 heteroatoms. The number of Topliss-reactive ketones (excluding diaryl/α,β-unsaturated/α-hetero) is 1. The third-order valence-corrected chi connectivity index (χ3v) is 4.72. The predicted octanol–water partition coefficient (Wildman–Crippen LogP) is 1.14. The number of quaternary nitrogens is 1. The Morgan fingerprint density at radius 2 is 1.43 bits per heavy atom. The van der Waals surface area contributed by atoms with Crippen molar-refractivity contribution in [3.05, 3.63) is 48.0 Å². The fraction of sp³-hybridized carbons (Fsp3) is 0.318. The van der Waals surface area contributed by atoms with Crippen LogP contribution < -0.4 is 25.0 Å². The number of carbonyl (C=O) groups excluding carboxylic acids is 3. The maximum atomic E-state index is 12.4. The standard InChI is InChI=1S/C22H25N3O5/c1-3-25(13-21(27)23-17-6-4-16(5-7-17)15(2)26)14-22(28)24-18-8-9-19-20(12-18)30-11-10-29-19/h4-9,12H,3,10-11,13-14H2,1-2H3,(H,23,27)(H,24,28)/p+1. The first-order chi connectivity index (χ1) is 14.4. The molecule has 1 aliphatic heterocycles. The largest absolute Gasteiger partial charge is 0.486 e. The van der Waals surface area contributed by atoms with Gasteiger partial charge in [-0.05, 0) is 50.2 Å². The minimum absolute atomic E-state index is 0.0292. The second-order valence-electron chi connectivity index (χ2n) is 7.05. The van der Waals surface area contributed by atoms with Crippen molar-refractivity contribution in [3.63, 3.8) is 0 Å². The lowest BCUT2D eigenvalue weighted by molar-refractivity contribution is -0.881. The monoisotopic (exact) mass is 412 g/mol. The Labute approximate surface area is 175 Å². The van der Waals surface area contributed by atoms with Crippen LogP contribution >= 0.6 is 0 Å². The summed E-state index contributed by atoms with van der Waals surface area (Å²) < 4.78 is 11.0. The molecule has 2 amide bonds. The number of rotatable bonds is 8. The van der Waals surface area contributed by atoms with Gasteiger partial charge in [0.05, 0.1) is 6.54 Å². The molecule has 3 N–H and O–H groups in total. The second-order valence-corrected chi connectivity index (χ2v) is 7.05. The third-order valence-electron chi connectivity index (χ3n) is 4.72. The van der Waals surface area contributed by atoms with Crippen molar-refractivity contribution < 1.29 is 28.8 Å². The molecule has 3 rings (SSSR count). The van der Waals surface area contributed by atoms with Crippen LogP contribution in [0.2, 0.25) is 0 Å². The molecule has 0 fully saturated rings. The minimum Gasteiger partial charge on any atom is -0.486 e. The van der Waals surface area contributed by atoms with E-state index >= 15 is 0 Å². The maximum absolute atomic E-state index is 12.4. The third kappa shape index (κ3) is 5.81. The summed E-state index contributed by atoms with van der Waals surface area (Å²) in [5.74, 6) is 0.845. The van der Waals surface area contributed by atoms with Gasteiger partial charge < -0.3 is 25.0 Å². The van der Waals surface area contributed by atoms with Gasteiger partial charge in [-0.25, -0.2) is 0 Å². The topological polar surface area (TPSA) is 98.2 Å². The summed E-state index contributed by atoms with van der Waals surface area (Å²) in [6, 6.07) is 12.0. The first kappa shape index (κ1) is 21.3. The molecule has 30 heavy (non-hydrogen) atoms. The zero-order valence-electron chi connectivity index (χ0n) is 17.1. The lowest BCUT2D eigenvalue weighted by Crippen LogP contribution is -3.13. The second kappa shape index (κ2) is 9.89. The SMILES string of the molecule is CC[NH+](CC(=O)Nc1ccc(C(C)=O)cc1)CC(=O)Nc1ccc2c(c1)OCCO2. The molecule has 8 nitrogen and oxygen atoms in total. The summed E-state index contributed by atoms with van der Waals surface area (Å²) in [4.78, 5) is 36.9. The van der Waals surface area contributed by atoms with E-state index in [-0.39, 0.29) is 30.7 Å². The average Bonchev–Trinajstić information content (AvgIpc) is 2.73. The summed E-state index contributed by atoms with van der Waals surface area (Å²) >= 11 is 0. The number of nitrogens with one attached hydrogen (secondary N) is 3. The first-order valence-corrected chi connectivity index (χ1v) is 9.88. The molecule has 0 aromatic heterocycles. The number of anilines is 2. The van der Waals surface area contributed by atoms with Gasteiger partial charge in [0, 0.05) is 23.0 Å². The summed E-state index contributed by atoms with van der Waals surface area (Å²) in [6.07, 6.45) is 0. The van der Waals surface area contributed by atoms with Gasteiger partial charge in [-0.1, -0.05) is 0 Å². The van der Waals surface area contributed by atoms with Gasteiger partial charge in [-0.15, -0.1) is 0 Å². The zero-order valence-corrected chi connectivity index (χ0v) is 17.1. The number of carbonyl (C=O) groups is 3. The molecule has 0 aliphatic carbocycles. The lowest BCUT2D eigenvalue weighted by Gasteiger charge is -2.20. The molecule has 1 heterocycles.